The van der Waals surface area contributed by atoms with E-state index in [4.69, 9.17) is 11.6 Å². The normalized spacial score (nSPS) is 11.7. The number of amides is 1. The number of hydrogen-bond acceptors (Lipinski definition) is 1. The molecule has 1 rings (SSSR count). The lowest BCUT2D eigenvalue weighted by molar-refractivity contribution is 0.257. The summed E-state index contributed by atoms with van der Waals surface area (Å²) in [5.41, 5.74) is 3.70. The van der Waals surface area contributed by atoms with Gasteiger partial charge in [-0.3, -0.25) is 4.79 Å². The van der Waals surface area contributed by atoms with Gasteiger partial charge in [-0.15, -0.1) is 0 Å². The number of hydrogen-bond donors (Lipinski definition) is 1. The summed E-state index contributed by atoms with van der Waals surface area (Å²) >= 11 is 5.34. The zero-order valence-electron chi connectivity index (χ0n) is 11.8. The second-order valence-electron chi connectivity index (χ2n) is 5.74. The minimum absolute atomic E-state index is 0.125. The van der Waals surface area contributed by atoms with Crippen molar-refractivity contribution in [2.75, 3.05) is 6.54 Å². The largest absolute Gasteiger partial charge is 0.342 e. The fraction of sp³-hybridized carbons (Fsp3) is 0.533. The zero-order chi connectivity index (χ0) is 13.9. The first-order chi connectivity index (χ1) is 8.24. The molecule has 1 aromatic rings. The lowest BCUT2D eigenvalue weighted by atomic mass is 9.80. The molecule has 0 aromatic heterocycles. The van der Waals surface area contributed by atoms with Crippen LogP contribution in [-0.2, 0) is 5.41 Å². The van der Waals surface area contributed by atoms with Gasteiger partial charge in [-0.1, -0.05) is 45.9 Å². The SMILES string of the molecule is Cc1ccc(C(C)C)cc1C(C)(C)CNC(=O)Cl. The molecule has 18 heavy (non-hydrogen) atoms. The van der Waals surface area contributed by atoms with Crippen molar-refractivity contribution in [1.29, 1.82) is 0 Å². The van der Waals surface area contributed by atoms with Gasteiger partial charge in [0.1, 0.15) is 0 Å². The zero-order valence-corrected chi connectivity index (χ0v) is 12.6. The summed E-state index contributed by atoms with van der Waals surface area (Å²) in [5.74, 6) is 0.503. The average Bonchev–Trinajstić information content (AvgIpc) is 2.26. The first-order valence-corrected chi connectivity index (χ1v) is 6.66. The quantitative estimate of drug-likeness (QED) is 0.638. The fourth-order valence-corrected chi connectivity index (χ4v) is 2.18. The van der Waals surface area contributed by atoms with Gasteiger partial charge in [0.05, 0.1) is 0 Å². The Kier molecular flexibility index (Phi) is 4.80. The Morgan fingerprint density at radius 2 is 2.00 bits per heavy atom. The number of carbonyl (C=O) groups is 1. The number of rotatable bonds is 4. The average molecular weight is 268 g/mol. The van der Waals surface area contributed by atoms with Crippen molar-refractivity contribution in [3.05, 3.63) is 34.9 Å². The molecule has 1 aromatic carbocycles. The van der Waals surface area contributed by atoms with Gasteiger partial charge in [-0.25, -0.2) is 0 Å². The highest BCUT2D eigenvalue weighted by molar-refractivity contribution is 6.62. The van der Waals surface area contributed by atoms with Crippen LogP contribution in [0.2, 0.25) is 0 Å². The molecule has 100 valence electrons. The highest BCUT2D eigenvalue weighted by atomic mass is 35.5. The van der Waals surface area contributed by atoms with E-state index in [2.05, 4.69) is 58.1 Å². The first-order valence-electron chi connectivity index (χ1n) is 6.28. The van der Waals surface area contributed by atoms with Crippen LogP contribution >= 0.6 is 11.6 Å². The van der Waals surface area contributed by atoms with Crippen molar-refractivity contribution in [2.24, 2.45) is 0 Å². The molecule has 0 unspecified atom stereocenters. The summed E-state index contributed by atoms with van der Waals surface area (Å²) in [6.07, 6.45) is 0. The molecule has 0 atom stereocenters. The van der Waals surface area contributed by atoms with Crippen molar-refractivity contribution < 1.29 is 4.79 Å². The molecule has 0 saturated heterocycles. The Labute approximate surface area is 115 Å². The van der Waals surface area contributed by atoms with E-state index in [0.717, 1.165) is 0 Å². The molecule has 0 spiro atoms. The van der Waals surface area contributed by atoms with Crippen LogP contribution in [0.5, 0.6) is 0 Å². The van der Waals surface area contributed by atoms with Crippen molar-refractivity contribution in [1.82, 2.24) is 5.32 Å². The third-order valence-corrected chi connectivity index (χ3v) is 3.46. The number of aryl methyl sites for hydroxylation is 1. The molecule has 0 saturated carbocycles. The molecular weight excluding hydrogens is 246 g/mol. The third-order valence-electron chi connectivity index (χ3n) is 3.33. The monoisotopic (exact) mass is 267 g/mol. The molecule has 0 heterocycles. The highest BCUT2D eigenvalue weighted by Gasteiger charge is 2.23. The third kappa shape index (κ3) is 3.74. The lowest BCUT2D eigenvalue weighted by Gasteiger charge is -2.28. The van der Waals surface area contributed by atoms with Crippen LogP contribution in [-0.4, -0.2) is 11.9 Å². The van der Waals surface area contributed by atoms with Gasteiger partial charge >= 0.3 is 5.37 Å². The van der Waals surface area contributed by atoms with Gasteiger partial charge in [-0.2, -0.15) is 0 Å². The number of carbonyl (C=O) groups excluding carboxylic acids is 1. The van der Waals surface area contributed by atoms with E-state index in [0.29, 0.717) is 12.5 Å². The molecule has 1 amide bonds. The van der Waals surface area contributed by atoms with Crippen LogP contribution in [0.3, 0.4) is 0 Å². The predicted molar refractivity (Wildman–Crippen MR) is 77.5 cm³/mol. The Hall–Kier alpha value is -1.02. The Morgan fingerprint density at radius 1 is 1.39 bits per heavy atom. The number of benzene rings is 1. The van der Waals surface area contributed by atoms with Crippen LogP contribution in [0.1, 0.15) is 50.3 Å². The van der Waals surface area contributed by atoms with E-state index in [1.807, 2.05) is 0 Å². The van der Waals surface area contributed by atoms with E-state index in [1.54, 1.807) is 0 Å². The van der Waals surface area contributed by atoms with Crippen molar-refractivity contribution in [3.8, 4) is 0 Å². The van der Waals surface area contributed by atoms with Gasteiger partial charge in [0.2, 0.25) is 0 Å². The number of nitrogens with one attached hydrogen (secondary N) is 1. The van der Waals surface area contributed by atoms with Gasteiger partial charge in [0.15, 0.2) is 0 Å². The maximum atomic E-state index is 10.8. The molecule has 0 aliphatic heterocycles. The van der Waals surface area contributed by atoms with Crippen LogP contribution in [0, 0.1) is 6.92 Å². The minimum atomic E-state index is -0.499. The van der Waals surface area contributed by atoms with E-state index in [1.165, 1.54) is 16.7 Å². The number of halogens is 1. The Bertz CT molecular complexity index is 438. The molecular formula is C15H22ClNO. The topological polar surface area (TPSA) is 29.1 Å². The summed E-state index contributed by atoms with van der Waals surface area (Å²) in [6.45, 7) is 11.2. The Morgan fingerprint density at radius 3 is 2.50 bits per heavy atom. The molecule has 3 heteroatoms. The van der Waals surface area contributed by atoms with Gasteiger partial charge in [0.25, 0.3) is 0 Å². The first kappa shape index (κ1) is 15.0. The molecule has 0 radical (unpaired) electrons. The summed E-state index contributed by atoms with van der Waals surface area (Å²) in [5, 5.41) is 2.19. The van der Waals surface area contributed by atoms with E-state index < -0.39 is 5.37 Å². The molecule has 0 aliphatic carbocycles. The molecule has 1 N–H and O–H groups in total. The maximum Gasteiger partial charge on any atom is 0.313 e. The minimum Gasteiger partial charge on any atom is -0.342 e. The van der Waals surface area contributed by atoms with E-state index in [-0.39, 0.29) is 5.41 Å². The van der Waals surface area contributed by atoms with E-state index >= 15 is 0 Å². The van der Waals surface area contributed by atoms with Gasteiger partial charge < -0.3 is 5.32 Å². The summed E-state index contributed by atoms with van der Waals surface area (Å²) in [7, 11) is 0. The van der Waals surface area contributed by atoms with Crippen molar-refractivity contribution in [2.45, 2.75) is 46.0 Å². The molecule has 0 aliphatic rings. The smallest absolute Gasteiger partial charge is 0.313 e. The van der Waals surface area contributed by atoms with E-state index in [9.17, 15) is 4.79 Å². The fourth-order valence-electron chi connectivity index (χ4n) is 2.11. The summed E-state index contributed by atoms with van der Waals surface area (Å²) in [4.78, 5) is 10.8. The van der Waals surface area contributed by atoms with Crippen LogP contribution in [0.4, 0.5) is 4.79 Å². The van der Waals surface area contributed by atoms with Gasteiger partial charge in [0, 0.05) is 12.0 Å². The summed E-state index contributed by atoms with van der Waals surface area (Å²) in [6, 6.07) is 6.55. The summed E-state index contributed by atoms with van der Waals surface area (Å²) < 4.78 is 0. The van der Waals surface area contributed by atoms with Crippen molar-refractivity contribution in [3.63, 3.8) is 0 Å². The molecule has 0 fully saturated rings. The Balaban J connectivity index is 3.05. The second-order valence-corrected chi connectivity index (χ2v) is 6.08. The van der Waals surface area contributed by atoms with Crippen LogP contribution in [0.25, 0.3) is 0 Å². The maximum absolute atomic E-state index is 10.8. The predicted octanol–water partition coefficient (Wildman–Crippen LogP) is 4.34. The van der Waals surface area contributed by atoms with Gasteiger partial charge in [-0.05, 0) is 41.1 Å². The molecule has 2 nitrogen and oxygen atoms in total. The highest BCUT2D eigenvalue weighted by Crippen LogP contribution is 2.29. The lowest BCUT2D eigenvalue weighted by Crippen LogP contribution is -2.34. The standard InChI is InChI=1S/C15H22ClNO/c1-10(2)12-7-6-11(3)13(8-12)15(4,5)9-17-14(16)18/h6-8,10H,9H2,1-5H3,(H,17,18). The van der Waals surface area contributed by atoms with Crippen LogP contribution in [0.15, 0.2) is 18.2 Å². The van der Waals surface area contributed by atoms with Crippen LogP contribution < -0.4 is 5.32 Å². The second kappa shape index (κ2) is 5.75. The van der Waals surface area contributed by atoms with Crippen molar-refractivity contribution >= 4 is 17.0 Å². The molecule has 0 bridgehead atoms.